The molecular formula is H4O2P2S. The van der Waals surface area contributed by atoms with Crippen LogP contribution >= 0.6 is 16.9 Å². The van der Waals surface area contributed by atoms with E-state index in [1.165, 1.54) is 0 Å². The first-order valence-corrected chi connectivity index (χ1v) is 5.24. The average molecular weight is 130 g/mol. The van der Waals surface area contributed by atoms with Crippen molar-refractivity contribution in [1.82, 2.24) is 0 Å². The molecule has 0 N–H and O–H groups in total. The fraction of sp³-hybridized carbons (Fsp3) is 0. The monoisotopic (exact) mass is 130 g/mol. The maximum absolute atomic E-state index is 9.56. The fourth-order valence-electron chi connectivity index (χ4n) is 0. The molecule has 0 aliphatic rings. The smallest absolute Gasteiger partial charge is 0.172 e. The minimum absolute atomic E-state index is 1.65. The Kier molecular flexibility index (Phi) is 1.75. The first kappa shape index (κ1) is 5.81. The van der Waals surface area contributed by atoms with Gasteiger partial charge in [0, 0.05) is 0 Å². The summed E-state index contributed by atoms with van der Waals surface area (Å²) in [6, 6.07) is 0. The van der Waals surface area contributed by atoms with Crippen molar-refractivity contribution < 1.29 is 8.42 Å². The third-order valence-corrected chi connectivity index (χ3v) is 0. The predicted molar refractivity (Wildman–Crippen MR) is 28.3 cm³/mol. The van der Waals surface area contributed by atoms with Crippen LogP contribution in [0.3, 0.4) is 0 Å². The van der Waals surface area contributed by atoms with Crippen LogP contribution in [0.5, 0.6) is 0 Å². The summed E-state index contributed by atoms with van der Waals surface area (Å²) in [6.45, 7) is 0. The highest BCUT2D eigenvalue weighted by Gasteiger charge is 1.79. The maximum atomic E-state index is 9.56. The SMILES string of the molecule is O=S(=O)(P)P. The van der Waals surface area contributed by atoms with Gasteiger partial charge in [0.2, 0.25) is 0 Å². The molecule has 0 rings (SSSR count). The first-order chi connectivity index (χ1) is 2.00. The molecule has 0 radical (unpaired) electrons. The van der Waals surface area contributed by atoms with Crippen molar-refractivity contribution in [1.29, 1.82) is 0 Å². The normalized spacial score (nSPS) is 11.6. The molecule has 0 aromatic carbocycles. The largest absolute Gasteiger partial charge is 0.222 e. The van der Waals surface area contributed by atoms with Gasteiger partial charge in [0.25, 0.3) is 0 Å². The van der Waals surface area contributed by atoms with Gasteiger partial charge in [-0.1, -0.05) is 0 Å². The van der Waals surface area contributed by atoms with Gasteiger partial charge in [-0.05, 0) is 16.9 Å². The molecule has 0 aromatic rings. The molecule has 5 heteroatoms. The van der Waals surface area contributed by atoms with Crippen molar-refractivity contribution in [2.24, 2.45) is 0 Å². The van der Waals surface area contributed by atoms with Gasteiger partial charge in [0.1, 0.15) is 0 Å². The zero-order chi connectivity index (χ0) is 4.50. The fourth-order valence-corrected chi connectivity index (χ4v) is 0. The summed E-state index contributed by atoms with van der Waals surface area (Å²) in [7, 11) is 0.468. The molecule has 0 fully saturated rings. The zero-order valence-electron chi connectivity index (χ0n) is 2.38. The summed E-state index contributed by atoms with van der Waals surface area (Å²) in [6.07, 6.45) is 0. The van der Waals surface area contributed by atoms with Crippen LogP contribution in [0.4, 0.5) is 0 Å². The molecule has 0 aromatic heterocycles. The van der Waals surface area contributed by atoms with E-state index in [1.54, 1.807) is 16.9 Å². The highest BCUT2D eigenvalue weighted by Crippen LogP contribution is 2.07. The molecule has 0 saturated heterocycles. The van der Waals surface area contributed by atoms with Crippen molar-refractivity contribution in [2.75, 3.05) is 0 Å². The lowest BCUT2D eigenvalue weighted by Gasteiger charge is -1.69. The zero-order valence-corrected chi connectivity index (χ0v) is 5.51. The minimum atomic E-state index is -2.83. The molecular weight excluding hydrogens is 126 g/mol. The van der Waals surface area contributed by atoms with Crippen molar-refractivity contribution in [3.8, 4) is 0 Å². The molecule has 2 nitrogen and oxygen atoms in total. The molecule has 2 atom stereocenters. The Hall–Kier alpha value is 0.810. The van der Waals surface area contributed by atoms with E-state index < -0.39 is 9.08 Å². The Bertz CT molecular complexity index is 90.8. The highest BCUT2D eigenvalue weighted by atomic mass is 33.1. The predicted octanol–water partition coefficient (Wildman–Crippen LogP) is -0.0186. The van der Waals surface area contributed by atoms with Gasteiger partial charge >= 0.3 is 0 Å². The summed E-state index contributed by atoms with van der Waals surface area (Å²) in [5, 5.41) is 0. The number of hydrogen-bond donors (Lipinski definition) is 0. The van der Waals surface area contributed by atoms with E-state index in [-0.39, 0.29) is 0 Å². The number of hydrogen-bond acceptors (Lipinski definition) is 2. The Morgan fingerprint density at radius 2 is 1.20 bits per heavy atom. The van der Waals surface area contributed by atoms with Gasteiger partial charge in [-0.15, -0.1) is 0 Å². The Labute approximate surface area is 35.2 Å². The summed E-state index contributed by atoms with van der Waals surface area (Å²) >= 11 is 0. The van der Waals surface area contributed by atoms with Crippen molar-refractivity contribution in [3.63, 3.8) is 0 Å². The third kappa shape index (κ3) is 57.9. The molecule has 0 aliphatic heterocycles. The first-order valence-electron chi connectivity index (χ1n) is 0.805. The van der Waals surface area contributed by atoms with E-state index in [1.807, 2.05) is 0 Å². The molecule has 0 heterocycles. The van der Waals surface area contributed by atoms with Crippen LogP contribution in [0, 0.1) is 0 Å². The molecule has 0 bridgehead atoms. The second-order valence-corrected chi connectivity index (χ2v) is 7.34. The van der Waals surface area contributed by atoms with Crippen molar-refractivity contribution in [3.05, 3.63) is 0 Å². The molecule has 0 aliphatic carbocycles. The van der Waals surface area contributed by atoms with Gasteiger partial charge in [-0.25, -0.2) is 8.42 Å². The van der Waals surface area contributed by atoms with Crippen LogP contribution in [0.1, 0.15) is 0 Å². The van der Waals surface area contributed by atoms with E-state index in [0.29, 0.717) is 0 Å². The lowest BCUT2D eigenvalue weighted by atomic mass is 15.9. The van der Waals surface area contributed by atoms with Gasteiger partial charge in [-0.3, -0.25) is 0 Å². The second kappa shape index (κ2) is 1.51. The van der Waals surface area contributed by atoms with Crippen LogP contribution in [0.2, 0.25) is 0 Å². The summed E-state index contributed by atoms with van der Waals surface area (Å²) in [5.74, 6) is 0. The van der Waals surface area contributed by atoms with E-state index in [4.69, 9.17) is 0 Å². The third-order valence-electron chi connectivity index (χ3n) is 0. The Balaban J connectivity index is 4.06. The molecule has 0 amide bonds. The van der Waals surface area contributed by atoms with Gasteiger partial charge in [0.05, 0.1) is 0 Å². The molecule has 0 spiro atoms. The van der Waals surface area contributed by atoms with Crippen LogP contribution in [0.25, 0.3) is 0 Å². The second-order valence-electron chi connectivity index (χ2n) is 0.589. The van der Waals surface area contributed by atoms with Crippen LogP contribution in [-0.4, -0.2) is 8.42 Å². The highest BCUT2D eigenvalue weighted by molar-refractivity contribution is 8.65. The Morgan fingerprint density at radius 1 is 1.20 bits per heavy atom. The summed E-state index contributed by atoms with van der Waals surface area (Å²) < 4.78 is 19.1. The van der Waals surface area contributed by atoms with Crippen molar-refractivity contribution >= 4 is 26.0 Å². The van der Waals surface area contributed by atoms with Gasteiger partial charge < -0.3 is 0 Å². The molecule has 32 valence electrons. The standard InChI is InChI=1S/H4O2P2S/c1-5(2,3)4/h3-4H2. The van der Waals surface area contributed by atoms with Gasteiger partial charge in [-0.2, -0.15) is 0 Å². The van der Waals surface area contributed by atoms with Crippen LogP contribution in [-0.2, 0) is 9.08 Å². The van der Waals surface area contributed by atoms with Crippen molar-refractivity contribution in [2.45, 2.75) is 0 Å². The van der Waals surface area contributed by atoms with E-state index in [9.17, 15) is 8.42 Å². The lowest BCUT2D eigenvalue weighted by molar-refractivity contribution is 0.623. The molecule has 0 saturated carbocycles. The quantitative estimate of drug-likeness (QED) is 0.432. The van der Waals surface area contributed by atoms with E-state index >= 15 is 0 Å². The minimum Gasteiger partial charge on any atom is -0.222 e. The van der Waals surface area contributed by atoms with Gasteiger partial charge in [0.15, 0.2) is 9.08 Å². The number of rotatable bonds is 0. The topological polar surface area (TPSA) is 34.1 Å². The molecule has 2 unspecified atom stereocenters. The summed E-state index contributed by atoms with van der Waals surface area (Å²) in [5.41, 5.74) is 0. The molecule has 5 heavy (non-hydrogen) atoms. The van der Waals surface area contributed by atoms with E-state index in [0.717, 1.165) is 0 Å². The summed E-state index contributed by atoms with van der Waals surface area (Å²) in [4.78, 5) is 0. The van der Waals surface area contributed by atoms with Crippen LogP contribution in [0.15, 0.2) is 0 Å². The Morgan fingerprint density at radius 3 is 1.20 bits per heavy atom. The van der Waals surface area contributed by atoms with E-state index in [2.05, 4.69) is 0 Å². The maximum Gasteiger partial charge on any atom is 0.172 e. The lowest BCUT2D eigenvalue weighted by Crippen LogP contribution is -1.60. The van der Waals surface area contributed by atoms with Crippen LogP contribution < -0.4 is 0 Å². The average Bonchev–Trinajstić information content (AvgIpc) is 0.722.